The molecule has 0 N–H and O–H groups in total. The Kier molecular flexibility index (Phi) is 3.31. The summed E-state index contributed by atoms with van der Waals surface area (Å²) >= 11 is 0. The van der Waals surface area contributed by atoms with Crippen molar-refractivity contribution in [3.8, 4) is 5.75 Å². The molecule has 0 unspecified atom stereocenters. The largest absolute Gasteiger partial charge is 0.492 e. The summed E-state index contributed by atoms with van der Waals surface area (Å²) < 4.78 is 11.2. The minimum Gasteiger partial charge on any atom is -0.492 e. The van der Waals surface area contributed by atoms with Crippen LogP contribution in [0.3, 0.4) is 0 Å². The Bertz CT molecular complexity index is 754. The van der Waals surface area contributed by atoms with E-state index in [0.717, 1.165) is 0 Å². The number of rotatable bonds is 4. The molecule has 0 aliphatic carbocycles. The fraction of sp³-hybridized carbons (Fsp3) is 0.389. The van der Waals surface area contributed by atoms with Crippen molar-refractivity contribution >= 4 is 23.3 Å². The van der Waals surface area contributed by atoms with Crippen LogP contribution in [0, 0.1) is 11.8 Å². The van der Waals surface area contributed by atoms with E-state index in [0.29, 0.717) is 23.6 Å². The number of hydrogen-bond donors (Lipinski definition) is 0. The van der Waals surface area contributed by atoms with Gasteiger partial charge in [0.05, 0.1) is 36.3 Å². The number of anilines is 1. The fourth-order valence-electron chi connectivity index (χ4n) is 3.73. The number of amides is 2. The number of carbonyl (C=O) groups is 3. The molecule has 1 aromatic carbocycles. The second-order valence-electron chi connectivity index (χ2n) is 6.19. The maximum atomic E-state index is 12.9. The molecular formula is C18H17NO5. The van der Waals surface area contributed by atoms with Gasteiger partial charge in [-0.15, -0.1) is 0 Å². The summed E-state index contributed by atoms with van der Waals surface area (Å²) in [4.78, 5) is 38.6. The van der Waals surface area contributed by atoms with Crippen LogP contribution in [0.2, 0.25) is 0 Å². The van der Waals surface area contributed by atoms with E-state index >= 15 is 0 Å². The molecule has 0 saturated carbocycles. The molecule has 0 aromatic heterocycles. The Morgan fingerprint density at radius 2 is 1.79 bits per heavy atom. The number of Topliss-reactive ketones (excluding diaryl/α,β-unsaturated/α-hetero) is 1. The first kappa shape index (κ1) is 15.1. The third-order valence-corrected chi connectivity index (χ3v) is 4.82. The predicted octanol–water partition coefficient (Wildman–Crippen LogP) is 1.73. The number of imide groups is 1. The highest BCUT2D eigenvalue weighted by atomic mass is 16.5. The lowest BCUT2D eigenvalue weighted by atomic mass is 9.85. The Hall–Kier alpha value is -2.47. The third-order valence-electron chi connectivity index (χ3n) is 4.82. The standard InChI is InChI=1S/C18H17NO5/c1-3-23-12-5-4-10(9(2)20)8-11(12)19-17(21)15-13-6-7-14(24-13)16(15)18(19)22/h4-8,13-16H,3H2,1-2H3/t13-,14-,15-,16+/m1/s1. The summed E-state index contributed by atoms with van der Waals surface area (Å²) in [6.45, 7) is 3.66. The molecule has 4 rings (SSSR count). The Labute approximate surface area is 139 Å². The maximum Gasteiger partial charge on any atom is 0.240 e. The zero-order chi connectivity index (χ0) is 17.0. The number of nitrogens with zero attached hydrogens (tertiary/aromatic N) is 1. The van der Waals surface area contributed by atoms with Crippen LogP contribution >= 0.6 is 0 Å². The van der Waals surface area contributed by atoms with Gasteiger partial charge in [0.15, 0.2) is 5.78 Å². The van der Waals surface area contributed by atoms with Gasteiger partial charge in [0.25, 0.3) is 0 Å². The molecule has 0 spiro atoms. The highest BCUT2D eigenvalue weighted by Gasteiger charge is 2.61. The lowest BCUT2D eigenvalue weighted by Gasteiger charge is -2.21. The van der Waals surface area contributed by atoms with Crippen LogP contribution in [0.25, 0.3) is 0 Å². The first-order valence-electron chi connectivity index (χ1n) is 8.02. The van der Waals surface area contributed by atoms with Crippen molar-refractivity contribution < 1.29 is 23.9 Å². The summed E-state index contributed by atoms with van der Waals surface area (Å²) in [5.74, 6) is -1.26. The van der Waals surface area contributed by atoms with Gasteiger partial charge in [-0.05, 0) is 32.0 Å². The van der Waals surface area contributed by atoms with Crippen LogP contribution in [0.4, 0.5) is 5.69 Å². The van der Waals surface area contributed by atoms with E-state index in [-0.39, 0.29) is 29.8 Å². The quantitative estimate of drug-likeness (QED) is 0.478. The molecule has 2 bridgehead atoms. The van der Waals surface area contributed by atoms with Crippen LogP contribution in [0.5, 0.6) is 5.75 Å². The number of ketones is 1. The zero-order valence-electron chi connectivity index (χ0n) is 13.4. The minimum atomic E-state index is -0.483. The van der Waals surface area contributed by atoms with Gasteiger partial charge in [-0.1, -0.05) is 12.2 Å². The maximum absolute atomic E-state index is 12.9. The molecule has 0 radical (unpaired) electrons. The van der Waals surface area contributed by atoms with Crippen LogP contribution in [0.15, 0.2) is 30.4 Å². The molecule has 3 heterocycles. The summed E-state index contributed by atoms with van der Waals surface area (Å²) in [6.07, 6.45) is 3.01. The number of fused-ring (bicyclic) bond motifs is 5. The van der Waals surface area contributed by atoms with E-state index in [9.17, 15) is 14.4 Å². The van der Waals surface area contributed by atoms with E-state index in [4.69, 9.17) is 9.47 Å². The van der Waals surface area contributed by atoms with E-state index in [1.165, 1.54) is 11.8 Å². The molecule has 2 fully saturated rings. The first-order chi connectivity index (χ1) is 11.5. The lowest BCUT2D eigenvalue weighted by molar-refractivity contribution is -0.124. The lowest BCUT2D eigenvalue weighted by Crippen LogP contribution is -2.34. The van der Waals surface area contributed by atoms with Crippen LogP contribution in [-0.2, 0) is 14.3 Å². The third kappa shape index (κ3) is 1.96. The molecule has 3 aliphatic rings. The molecule has 6 heteroatoms. The van der Waals surface area contributed by atoms with Crippen molar-refractivity contribution in [1.29, 1.82) is 0 Å². The number of ether oxygens (including phenoxy) is 2. The van der Waals surface area contributed by atoms with Gasteiger partial charge in [-0.2, -0.15) is 0 Å². The summed E-state index contributed by atoms with van der Waals surface area (Å²) in [6, 6.07) is 4.82. The van der Waals surface area contributed by atoms with Gasteiger partial charge in [-0.25, -0.2) is 4.90 Å². The highest BCUT2D eigenvalue weighted by molar-refractivity contribution is 6.24. The van der Waals surface area contributed by atoms with Crippen LogP contribution in [-0.4, -0.2) is 36.4 Å². The topological polar surface area (TPSA) is 72.9 Å². The predicted molar refractivity (Wildman–Crippen MR) is 84.9 cm³/mol. The molecular weight excluding hydrogens is 310 g/mol. The van der Waals surface area contributed by atoms with Crippen molar-refractivity contribution in [3.63, 3.8) is 0 Å². The summed E-state index contributed by atoms with van der Waals surface area (Å²) in [5.41, 5.74) is 0.775. The first-order valence-corrected chi connectivity index (χ1v) is 8.02. The van der Waals surface area contributed by atoms with Gasteiger partial charge < -0.3 is 9.47 Å². The highest BCUT2D eigenvalue weighted by Crippen LogP contribution is 2.47. The van der Waals surface area contributed by atoms with Crippen LogP contribution in [0.1, 0.15) is 24.2 Å². The monoisotopic (exact) mass is 327 g/mol. The minimum absolute atomic E-state index is 0.136. The second kappa shape index (κ2) is 5.27. The average molecular weight is 327 g/mol. The molecule has 6 nitrogen and oxygen atoms in total. The van der Waals surface area contributed by atoms with E-state index < -0.39 is 11.8 Å². The summed E-state index contributed by atoms with van der Waals surface area (Å²) in [7, 11) is 0. The van der Waals surface area contributed by atoms with Crippen molar-refractivity contribution in [3.05, 3.63) is 35.9 Å². The van der Waals surface area contributed by atoms with Gasteiger partial charge in [0.1, 0.15) is 5.75 Å². The fourth-order valence-corrected chi connectivity index (χ4v) is 3.73. The second-order valence-corrected chi connectivity index (χ2v) is 6.19. The van der Waals surface area contributed by atoms with Crippen molar-refractivity contribution in [2.24, 2.45) is 11.8 Å². The Balaban J connectivity index is 1.78. The number of carbonyl (C=O) groups excluding carboxylic acids is 3. The molecule has 24 heavy (non-hydrogen) atoms. The van der Waals surface area contributed by atoms with Gasteiger partial charge in [-0.3, -0.25) is 14.4 Å². The molecule has 124 valence electrons. The normalized spacial score (nSPS) is 30.2. The molecule has 2 saturated heterocycles. The summed E-state index contributed by atoms with van der Waals surface area (Å²) in [5, 5.41) is 0. The molecule has 4 atom stereocenters. The Morgan fingerprint density at radius 3 is 2.33 bits per heavy atom. The van der Waals surface area contributed by atoms with Gasteiger partial charge >= 0.3 is 0 Å². The van der Waals surface area contributed by atoms with Gasteiger partial charge in [0.2, 0.25) is 11.8 Å². The Morgan fingerprint density at radius 1 is 1.17 bits per heavy atom. The van der Waals surface area contributed by atoms with Gasteiger partial charge in [0, 0.05) is 5.56 Å². The van der Waals surface area contributed by atoms with Crippen LogP contribution < -0.4 is 9.64 Å². The van der Waals surface area contributed by atoms with Crippen molar-refractivity contribution in [1.82, 2.24) is 0 Å². The molecule has 2 amide bonds. The molecule has 3 aliphatic heterocycles. The smallest absolute Gasteiger partial charge is 0.240 e. The van der Waals surface area contributed by atoms with E-state index in [1.807, 2.05) is 19.1 Å². The van der Waals surface area contributed by atoms with E-state index in [2.05, 4.69) is 0 Å². The van der Waals surface area contributed by atoms with Crippen molar-refractivity contribution in [2.45, 2.75) is 26.1 Å². The number of hydrogen-bond acceptors (Lipinski definition) is 5. The zero-order valence-corrected chi connectivity index (χ0v) is 13.4. The number of benzene rings is 1. The SMILES string of the molecule is CCOc1ccc(C(C)=O)cc1N1C(=O)[C@@H]2[C@H](C1=O)[C@H]1C=C[C@H]2O1. The molecule has 1 aromatic rings. The van der Waals surface area contributed by atoms with Crippen molar-refractivity contribution in [2.75, 3.05) is 11.5 Å². The average Bonchev–Trinajstić information content (AvgIpc) is 3.22. The van der Waals surface area contributed by atoms with E-state index in [1.54, 1.807) is 18.2 Å².